The monoisotopic (exact) mass is 540 g/mol. The highest BCUT2D eigenvalue weighted by molar-refractivity contribution is 7.99. The number of hydrogen-bond acceptors (Lipinski definition) is 8. The molecule has 0 bridgehead atoms. The van der Waals surface area contributed by atoms with E-state index < -0.39 is 17.6 Å². The van der Waals surface area contributed by atoms with Crippen molar-refractivity contribution in [2.75, 3.05) is 44.4 Å². The van der Waals surface area contributed by atoms with Crippen LogP contribution in [0.3, 0.4) is 0 Å². The molecule has 3 rings (SSSR count). The van der Waals surface area contributed by atoms with E-state index in [2.05, 4.69) is 11.9 Å². The van der Waals surface area contributed by atoms with Crippen molar-refractivity contribution in [3.63, 3.8) is 0 Å². The average Bonchev–Trinajstić information content (AvgIpc) is 3.29. The molecule has 1 amide bonds. The van der Waals surface area contributed by atoms with Crippen molar-refractivity contribution in [1.29, 1.82) is 0 Å². The molecule has 0 aliphatic heterocycles. The minimum Gasteiger partial charge on any atom is -0.468 e. The van der Waals surface area contributed by atoms with Crippen molar-refractivity contribution >= 4 is 51.0 Å². The van der Waals surface area contributed by atoms with Crippen molar-refractivity contribution in [2.45, 2.75) is 31.6 Å². The number of nitrogens with zero attached hydrogens (tertiary/aromatic N) is 4. The summed E-state index contributed by atoms with van der Waals surface area (Å²) in [6.07, 6.45) is -3.68. The van der Waals surface area contributed by atoms with Crippen LogP contribution in [0.2, 0.25) is 0 Å². The van der Waals surface area contributed by atoms with Crippen molar-refractivity contribution in [1.82, 2.24) is 14.9 Å². The van der Waals surface area contributed by atoms with Gasteiger partial charge in [-0.05, 0) is 37.6 Å². The van der Waals surface area contributed by atoms with Gasteiger partial charge in [-0.3, -0.25) is 9.59 Å². The molecule has 36 heavy (non-hydrogen) atoms. The van der Waals surface area contributed by atoms with Gasteiger partial charge in [-0.2, -0.15) is 13.2 Å². The zero-order valence-corrected chi connectivity index (χ0v) is 22.0. The average molecular weight is 541 g/mol. The number of carbonyl (C=O) groups excluding carboxylic acids is 2. The maximum atomic E-state index is 13.1. The molecule has 2 aromatic heterocycles. The van der Waals surface area contributed by atoms with Gasteiger partial charge in [0.25, 0.3) is 5.91 Å². The molecule has 0 saturated heterocycles. The highest BCUT2D eigenvalue weighted by Gasteiger charge is 2.31. The standard InChI is InChI=1S/C24H27F3N4O3S2/c1-5-17-13-18-20(28-23(29-21(18)36-17)35-14-19(32)34-4)31(6-2)11-10-30(3)22(33)15-8-7-9-16(12-15)24(25,26)27/h7-9,12-13H,5-6,10-11,14H2,1-4H3. The van der Waals surface area contributed by atoms with Crippen LogP contribution in [0.1, 0.15) is 34.6 Å². The van der Waals surface area contributed by atoms with Gasteiger partial charge in [-0.15, -0.1) is 11.3 Å². The van der Waals surface area contributed by atoms with Crippen molar-refractivity contribution < 1.29 is 27.5 Å². The number of thioether (sulfide) groups is 1. The number of methoxy groups -OCH3 is 1. The first-order valence-corrected chi connectivity index (χ1v) is 13.0. The van der Waals surface area contributed by atoms with Gasteiger partial charge < -0.3 is 14.5 Å². The number of thiophene rings is 1. The van der Waals surface area contributed by atoms with Gasteiger partial charge in [0.15, 0.2) is 5.16 Å². The lowest BCUT2D eigenvalue weighted by atomic mass is 10.1. The molecular formula is C24H27F3N4O3S2. The summed E-state index contributed by atoms with van der Waals surface area (Å²) in [6, 6.07) is 6.46. The second kappa shape index (κ2) is 11.9. The molecule has 0 atom stereocenters. The topological polar surface area (TPSA) is 75.6 Å². The van der Waals surface area contributed by atoms with E-state index in [9.17, 15) is 22.8 Å². The number of aromatic nitrogens is 2. The first-order chi connectivity index (χ1) is 17.1. The van der Waals surface area contributed by atoms with E-state index in [1.807, 2.05) is 17.9 Å². The Hall–Kier alpha value is -2.86. The molecule has 0 unspecified atom stereocenters. The number of amides is 1. The van der Waals surface area contributed by atoms with E-state index in [1.165, 1.54) is 35.9 Å². The molecule has 0 fully saturated rings. The number of esters is 1. The van der Waals surface area contributed by atoms with Crippen LogP contribution in [-0.2, 0) is 22.1 Å². The lowest BCUT2D eigenvalue weighted by Gasteiger charge is -2.26. The molecule has 0 spiro atoms. The maximum absolute atomic E-state index is 13.1. The van der Waals surface area contributed by atoms with E-state index in [4.69, 9.17) is 9.72 Å². The van der Waals surface area contributed by atoms with Gasteiger partial charge in [-0.25, -0.2) is 9.97 Å². The van der Waals surface area contributed by atoms with E-state index >= 15 is 0 Å². The SMILES string of the molecule is CCc1cc2c(N(CC)CCN(C)C(=O)c3cccc(C(F)(F)F)c3)nc(SCC(=O)OC)nc2s1. The number of anilines is 1. The lowest BCUT2D eigenvalue weighted by molar-refractivity contribution is -0.138. The number of aryl methyl sites for hydroxylation is 1. The zero-order valence-electron chi connectivity index (χ0n) is 20.4. The van der Waals surface area contributed by atoms with Crippen LogP contribution in [0.25, 0.3) is 10.2 Å². The number of hydrogen-bond donors (Lipinski definition) is 0. The van der Waals surface area contributed by atoms with Gasteiger partial charge in [0.1, 0.15) is 10.6 Å². The molecule has 12 heteroatoms. The smallest absolute Gasteiger partial charge is 0.416 e. The Morgan fingerprint density at radius 3 is 2.53 bits per heavy atom. The zero-order chi connectivity index (χ0) is 26.5. The molecule has 7 nitrogen and oxygen atoms in total. The Labute approximate surface area is 215 Å². The highest BCUT2D eigenvalue weighted by atomic mass is 32.2. The van der Waals surface area contributed by atoms with Gasteiger partial charge in [-0.1, -0.05) is 24.8 Å². The quantitative estimate of drug-likeness (QED) is 0.200. The molecule has 194 valence electrons. The lowest BCUT2D eigenvalue weighted by Crippen LogP contribution is -2.37. The molecule has 3 aromatic rings. The Bertz CT molecular complexity index is 1230. The van der Waals surface area contributed by atoms with Gasteiger partial charge in [0.2, 0.25) is 0 Å². The Kier molecular flexibility index (Phi) is 9.18. The predicted molar refractivity (Wildman–Crippen MR) is 136 cm³/mol. The van der Waals surface area contributed by atoms with E-state index in [-0.39, 0.29) is 23.8 Å². The normalized spacial score (nSPS) is 11.5. The third kappa shape index (κ3) is 6.67. The number of alkyl halides is 3. The third-order valence-electron chi connectivity index (χ3n) is 5.47. The van der Waals surface area contributed by atoms with Crippen LogP contribution in [0.4, 0.5) is 19.0 Å². The second-order valence-electron chi connectivity index (χ2n) is 7.86. The van der Waals surface area contributed by atoms with Crippen LogP contribution in [0, 0.1) is 0 Å². The van der Waals surface area contributed by atoms with Crippen molar-refractivity contribution in [3.05, 3.63) is 46.3 Å². The van der Waals surface area contributed by atoms with Gasteiger partial charge >= 0.3 is 12.1 Å². The summed E-state index contributed by atoms with van der Waals surface area (Å²) in [5.74, 6) is -0.116. The summed E-state index contributed by atoms with van der Waals surface area (Å²) >= 11 is 2.74. The van der Waals surface area contributed by atoms with Crippen molar-refractivity contribution in [3.8, 4) is 0 Å². The summed E-state index contributed by atoms with van der Waals surface area (Å²) in [7, 11) is 2.88. The second-order valence-corrected chi connectivity index (χ2v) is 9.92. The molecule has 0 N–H and O–H groups in total. The number of likely N-dealkylation sites (N-methyl/N-ethyl adjacent to an activating group) is 2. The number of ether oxygens (including phenoxy) is 1. The fourth-order valence-corrected chi connectivity index (χ4v) is 5.13. The van der Waals surface area contributed by atoms with Crippen LogP contribution < -0.4 is 4.90 Å². The first kappa shape index (κ1) is 27.7. The van der Waals surface area contributed by atoms with Crippen LogP contribution in [-0.4, -0.2) is 66.3 Å². The Morgan fingerprint density at radius 1 is 1.14 bits per heavy atom. The third-order valence-corrected chi connectivity index (χ3v) is 7.46. The number of halogens is 3. The van der Waals surface area contributed by atoms with Crippen LogP contribution in [0.5, 0.6) is 0 Å². The molecule has 1 aromatic carbocycles. The summed E-state index contributed by atoms with van der Waals surface area (Å²) in [6.45, 7) is 5.26. The molecule has 0 aliphatic rings. The summed E-state index contributed by atoms with van der Waals surface area (Å²) < 4.78 is 43.9. The van der Waals surface area contributed by atoms with Crippen molar-refractivity contribution in [2.24, 2.45) is 0 Å². The van der Waals surface area contributed by atoms with E-state index in [0.29, 0.717) is 24.1 Å². The Morgan fingerprint density at radius 2 is 1.89 bits per heavy atom. The van der Waals surface area contributed by atoms with Gasteiger partial charge in [0, 0.05) is 37.1 Å². The Balaban J connectivity index is 1.81. The largest absolute Gasteiger partial charge is 0.468 e. The summed E-state index contributed by atoms with van der Waals surface area (Å²) in [5.41, 5.74) is -0.881. The summed E-state index contributed by atoms with van der Waals surface area (Å²) in [4.78, 5) is 39.0. The molecular weight excluding hydrogens is 513 g/mol. The minimum absolute atomic E-state index is 0.0216. The number of carbonyl (C=O) groups is 2. The highest BCUT2D eigenvalue weighted by Crippen LogP contribution is 2.33. The number of rotatable bonds is 10. The fraction of sp³-hybridized carbons (Fsp3) is 0.417. The first-order valence-electron chi connectivity index (χ1n) is 11.2. The summed E-state index contributed by atoms with van der Waals surface area (Å²) in [5, 5.41) is 1.33. The predicted octanol–water partition coefficient (Wildman–Crippen LogP) is 5.14. The molecule has 2 heterocycles. The number of benzene rings is 1. The van der Waals surface area contributed by atoms with E-state index in [1.54, 1.807) is 18.4 Å². The number of fused-ring (bicyclic) bond motifs is 1. The molecule has 0 aliphatic carbocycles. The fourth-order valence-electron chi connectivity index (χ4n) is 3.43. The van der Waals surface area contributed by atoms with E-state index in [0.717, 1.165) is 33.6 Å². The van der Waals surface area contributed by atoms with Crippen LogP contribution >= 0.6 is 23.1 Å². The van der Waals surface area contributed by atoms with Gasteiger partial charge in [0.05, 0.1) is 23.8 Å². The molecule has 0 radical (unpaired) electrons. The maximum Gasteiger partial charge on any atom is 0.416 e. The molecule has 0 saturated carbocycles. The minimum atomic E-state index is -4.52. The van der Waals surface area contributed by atoms with Crippen LogP contribution in [0.15, 0.2) is 35.5 Å².